The SMILES string of the molecule is Cc1c(O)cccc1NC(=O)c1cc(Cl)ccc1Br. The molecule has 0 spiro atoms. The molecule has 5 heteroatoms. The summed E-state index contributed by atoms with van der Waals surface area (Å²) in [5.41, 5.74) is 1.63. The molecule has 2 aromatic rings. The third-order valence-electron chi connectivity index (χ3n) is 2.73. The molecular formula is C14H11BrClNO2. The Kier molecular flexibility index (Phi) is 4.12. The zero-order valence-electron chi connectivity index (χ0n) is 10.1. The molecule has 0 atom stereocenters. The van der Waals surface area contributed by atoms with Crippen LogP contribution < -0.4 is 5.32 Å². The minimum atomic E-state index is -0.289. The van der Waals surface area contributed by atoms with Crippen LogP contribution in [0.25, 0.3) is 0 Å². The van der Waals surface area contributed by atoms with Gasteiger partial charge in [0.2, 0.25) is 0 Å². The Labute approximate surface area is 124 Å². The summed E-state index contributed by atoms with van der Waals surface area (Å²) in [7, 11) is 0. The molecule has 19 heavy (non-hydrogen) atoms. The molecule has 1 amide bonds. The molecule has 0 bridgehead atoms. The fourth-order valence-electron chi connectivity index (χ4n) is 1.62. The highest BCUT2D eigenvalue weighted by atomic mass is 79.9. The number of phenols is 1. The second kappa shape index (κ2) is 5.63. The van der Waals surface area contributed by atoms with E-state index in [0.29, 0.717) is 26.3 Å². The molecule has 0 aromatic heterocycles. The highest BCUT2D eigenvalue weighted by Crippen LogP contribution is 2.26. The van der Waals surface area contributed by atoms with Crippen LogP contribution in [0.2, 0.25) is 5.02 Å². The summed E-state index contributed by atoms with van der Waals surface area (Å²) < 4.78 is 0.659. The maximum absolute atomic E-state index is 12.2. The quantitative estimate of drug-likeness (QED) is 0.853. The van der Waals surface area contributed by atoms with Gasteiger partial charge in [-0.15, -0.1) is 0 Å². The van der Waals surface area contributed by atoms with Gasteiger partial charge in [0.25, 0.3) is 5.91 Å². The van der Waals surface area contributed by atoms with Crippen molar-refractivity contribution in [2.24, 2.45) is 0 Å². The van der Waals surface area contributed by atoms with E-state index in [1.807, 2.05) is 0 Å². The summed E-state index contributed by atoms with van der Waals surface area (Å²) in [5, 5.41) is 12.8. The monoisotopic (exact) mass is 339 g/mol. The van der Waals surface area contributed by atoms with E-state index in [2.05, 4.69) is 21.2 Å². The van der Waals surface area contributed by atoms with Gasteiger partial charge in [0.05, 0.1) is 5.56 Å². The third-order valence-corrected chi connectivity index (χ3v) is 3.65. The maximum Gasteiger partial charge on any atom is 0.256 e. The van der Waals surface area contributed by atoms with E-state index in [4.69, 9.17) is 11.6 Å². The first-order valence-electron chi connectivity index (χ1n) is 5.54. The normalized spacial score (nSPS) is 10.3. The first-order chi connectivity index (χ1) is 8.99. The summed E-state index contributed by atoms with van der Waals surface area (Å²) >= 11 is 9.19. The lowest BCUT2D eigenvalue weighted by molar-refractivity contribution is 0.102. The number of anilines is 1. The van der Waals surface area contributed by atoms with Gasteiger partial charge in [-0.3, -0.25) is 4.79 Å². The van der Waals surface area contributed by atoms with E-state index < -0.39 is 0 Å². The molecule has 0 unspecified atom stereocenters. The van der Waals surface area contributed by atoms with Crippen molar-refractivity contribution in [3.8, 4) is 5.75 Å². The fourth-order valence-corrected chi connectivity index (χ4v) is 2.22. The lowest BCUT2D eigenvalue weighted by atomic mass is 10.1. The van der Waals surface area contributed by atoms with Crippen molar-refractivity contribution < 1.29 is 9.90 Å². The zero-order valence-corrected chi connectivity index (χ0v) is 12.4. The summed E-state index contributed by atoms with van der Waals surface area (Å²) in [6.45, 7) is 1.73. The number of carbonyl (C=O) groups is 1. The van der Waals surface area contributed by atoms with Gasteiger partial charge in [-0.2, -0.15) is 0 Å². The van der Waals surface area contributed by atoms with E-state index in [-0.39, 0.29) is 11.7 Å². The standard InChI is InChI=1S/C14H11BrClNO2/c1-8-12(3-2-4-13(8)18)17-14(19)10-7-9(16)5-6-11(10)15/h2-7,18H,1H3,(H,17,19). The van der Waals surface area contributed by atoms with Crippen LogP contribution in [0.15, 0.2) is 40.9 Å². The minimum Gasteiger partial charge on any atom is -0.508 e. The molecule has 0 aliphatic carbocycles. The maximum atomic E-state index is 12.2. The molecule has 98 valence electrons. The van der Waals surface area contributed by atoms with Crippen LogP contribution in [-0.2, 0) is 0 Å². The predicted octanol–water partition coefficient (Wildman–Crippen LogP) is 4.37. The van der Waals surface area contributed by atoms with Crippen molar-refractivity contribution >= 4 is 39.1 Å². The van der Waals surface area contributed by atoms with Crippen molar-refractivity contribution in [3.63, 3.8) is 0 Å². The van der Waals surface area contributed by atoms with Crippen molar-refractivity contribution in [1.29, 1.82) is 0 Å². The number of phenolic OH excluding ortho intramolecular Hbond substituents is 1. The van der Waals surface area contributed by atoms with Gasteiger partial charge in [-0.25, -0.2) is 0 Å². The van der Waals surface area contributed by atoms with E-state index >= 15 is 0 Å². The molecule has 2 rings (SSSR count). The first-order valence-corrected chi connectivity index (χ1v) is 6.71. The highest BCUT2D eigenvalue weighted by molar-refractivity contribution is 9.10. The van der Waals surface area contributed by atoms with Gasteiger partial charge in [0.15, 0.2) is 0 Å². The average Bonchev–Trinajstić information content (AvgIpc) is 2.38. The smallest absolute Gasteiger partial charge is 0.256 e. The summed E-state index contributed by atoms with van der Waals surface area (Å²) in [5.74, 6) is -0.147. The predicted molar refractivity (Wildman–Crippen MR) is 79.9 cm³/mol. The highest BCUT2D eigenvalue weighted by Gasteiger charge is 2.12. The molecule has 0 saturated carbocycles. The molecule has 3 nitrogen and oxygen atoms in total. The van der Waals surface area contributed by atoms with Gasteiger partial charge in [0.1, 0.15) is 5.75 Å². The molecular weight excluding hydrogens is 330 g/mol. The Hall–Kier alpha value is -1.52. The van der Waals surface area contributed by atoms with Crippen molar-refractivity contribution in [2.75, 3.05) is 5.32 Å². The molecule has 0 radical (unpaired) electrons. The Bertz CT molecular complexity index is 643. The van der Waals surface area contributed by atoms with Crippen LogP contribution in [0.5, 0.6) is 5.75 Å². The zero-order chi connectivity index (χ0) is 14.0. The lowest BCUT2D eigenvalue weighted by Crippen LogP contribution is -2.13. The second-order valence-electron chi connectivity index (χ2n) is 4.03. The van der Waals surface area contributed by atoms with Gasteiger partial charge >= 0.3 is 0 Å². The Morgan fingerprint density at radius 3 is 2.79 bits per heavy atom. The average molecular weight is 341 g/mol. The van der Waals surface area contributed by atoms with Crippen LogP contribution in [0.3, 0.4) is 0 Å². The topological polar surface area (TPSA) is 49.3 Å². The van der Waals surface area contributed by atoms with Crippen molar-refractivity contribution in [1.82, 2.24) is 0 Å². The van der Waals surface area contributed by atoms with Gasteiger partial charge in [0, 0.05) is 20.7 Å². The summed E-state index contributed by atoms with van der Waals surface area (Å²) in [6, 6.07) is 9.96. The number of hydrogen-bond acceptors (Lipinski definition) is 2. The number of benzene rings is 2. The number of hydrogen-bond donors (Lipinski definition) is 2. The molecule has 0 aliphatic rings. The van der Waals surface area contributed by atoms with Crippen LogP contribution in [0.1, 0.15) is 15.9 Å². The molecule has 0 heterocycles. The Morgan fingerprint density at radius 1 is 1.32 bits per heavy atom. The Balaban J connectivity index is 2.31. The first kappa shape index (κ1) is 13.9. The number of aromatic hydroxyl groups is 1. The van der Waals surface area contributed by atoms with Gasteiger partial charge < -0.3 is 10.4 Å². The molecule has 2 aromatic carbocycles. The second-order valence-corrected chi connectivity index (χ2v) is 5.32. The van der Waals surface area contributed by atoms with Gasteiger partial charge in [-0.1, -0.05) is 17.7 Å². The Morgan fingerprint density at radius 2 is 2.05 bits per heavy atom. The lowest BCUT2D eigenvalue weighted by Gasteiger charge is -2.10. The fraction of sp³-hybridized carbons (Fsp3) is 0.0714. The summed E-state index contributed by atoms with van der Waals surface area (Å²) in [4.78, 5) is 12.2. The van der Waals surface area contributed by atoms with E-state index in [0.717, 1.165) is 0 Å². The van der Waals surface area contributed by atoms with E-state index in [1.165, 1.54) is 0 Å². The van der Waals surface area contributed by atoms with Crippen molar-refractivity contribution in [2.45, 2.75) is 6.92 Å². The van der Waals surface area contributed by atoms with Crippen LogP contribution >= 0.6 is 27.5 Å². The van der Waals surface area contributed by atoms with Crippen LogP contribution in [-0.4, -0.2) is 11.0 Å². The molecule has 0 aliphatic heterocycles. The summed E-state index contributed by atoms with van der Waals surface area (Å²) in [6.07, 6.45) is 0. The molecule has 0 fully saturated rings. The number of rotatable bonds is 2. The number of amides is 1. The molecule has 2 N–H and O–H groups in total. The largest absolute Gasteiger partial charge is 0.508 e. The molecule has 0 saturated heterocycles. The van der Waals surface area contributed by atoms with Crippen LogP contribution in [0, 0.1) is 6.92 Å². The van der Waals surface area contributed by atoms with Gasteiger partial charge in [-0.05, 0) is 53.2 Å². The minimum absolute atomic E-state index is 0.142. The van der Waals surface area contributed by atoms with E-state index in [1.54, 1.807) is 43.3 Å². The third kappa shape index (κ3) is 3.08. The number of nitrogens with one attached hydrogen (secondary N) is 1. The number of carbonyl (C=O) groups excluding carboxylic acids is 1. The number of halogens is 2. The van der Waals surface area contributed by atoms with Crippen molar-refractivity contribution in [3.05, 3.63) is 57.0 Å². The van der Waals surface area contributed by atoms with Crippen LogP contribution in [0.4, 0.5) is 5.69 Å². The van der Waals surface area contributed by atoms with E-state index in [9.17, 15) is 9.90 Å².